The normalized spacial score (nSPS) is 30.4. The molecule has 1 aromatic rings. The summed E-state index contributed by atoms with van der Waals surface area (Å²) in [6.45, 7) is 6.81. The molecule has 3 atom stereocenters. The van der Waals surface area contributed by atoms with Gasteiger partial charge in [-0.05, 0) is 38.0 Å². The highest BCUT2D eigenvalue weighted by atomic mass is 15.2. The topological polar surface area (TPSA) is 29.9 Å². The summed E-state index contributed by atoms with van der Waals surface area (Å²) in [5.41, 5.74) is 1.11. The van der Waals surface area contributed by atoms with Gasteiger partial charge in [-0.25, -0.2) is 4.98 Å². The van der Waals surface area contributed by atoms with Crippen molar-refractivity contribution in [3.8, 4) is 0 Å². The summed E-state index contributed by atoms with van der Waals surface area (Å²) in [5.74, 6) is 2.72. The highest BCUT2D eigenvalue weighted by Gasteiger charge is 2.26. The number of hydrogen-bond acceptors (Lipinski definition) is 2. The van der Waals surface area contributed by atoms with E-state index in [1.54, 1.807) is 0 Å². The fourth-order valence-electron chi connectivity index (χ4n) is 2.75. The summed E-state index contributed by atoms with van der Waals surface area (Å²) < 4.78 is 2.33. The molecule has 0 amide bonds. The van der Waals surface area contributed by atoms with Gasteiger partial charge in [0.2, 0.25) is 5.95 Å². The lowest BCUT2D eigenvalue weighted by atomic mass is 9.79. The Kier molecular flexibility index (Phi) is 3.22. The molecule has 1 fully saturated rings. The van der Waals surface area contributed by atoms with Gasteiger partial charge in [-0.1, -0.05) is 13.8 Å². The molecule has 3 unspecified atom stereocenters. The highest BCUT2D eigenvalue weighted by Crippen LogP contribution is 2.37. The number of anilines is 1. The molecule has 1 heterocycles. The Morgan fingerprint density at radius 1 is 1.31 bits per heavy atom. The number of aromatic nitrogens is 2. The van der Waals surface area contributed by atoms with Gasteiger partial charge in [0.15, 0.2) is 0 Å². The van der Waals surface area contributed by atoms with Crippen LogP contribution in [0.5, 0.6) is 0 Å². The van der Waals surface area contributed by atoms with Crippen molar-refractivity contribution in [2.45, 2.75) is 46.1 Å². The second-order valence-electron chi connectivity index (χ2n) is 5.28. The summed E-state index contributed by atoms with van der Waals surface area (Å²) in [6, 6.07) is 0.634. The first-order valence-corrected chi connectivity index (χ1v) is 6.35. The van der Waals surface area contributed by atoms with E-state index >= 15 is 0 Å². The number of imidazole rings is 1. The van der Waals surface area contributed by atoms with Crippen LogP contribution in [-0.2, 0) is 0 Å². The molecule has 1 aromatic heterocycles. The minimum atomic E-state index is 0.634. The summed E-state index contributed by atoms with van der Waals surface area (Å²) >= 11 is 0. The van der Waals surface area contributed by atoms with Gasteiger partial charge in [-0.2, -0.15) is 0 Å². The third-order valence-corrected chi connectivity index (χ3v) is 4.04. The summed E-state index contributed by atoms with van der Waals surface area (Å²) in [4.78, 5) is 4.50. The Balaban J connectivity index is 2.17. The average Bonchev–Trinajstić information content (AvgIpc) is 2.63. The van der Waals surface area contributed by atoms with E-state index < -0.39 is 0 Å². The molecule has 1 aliphatic rings. The van der Waals surface area contributed by atoms with E-state index in [-0.39, 0.29) is 0 Å². The first-order chi connectivity index (χ1) is 7.61. The maximum Gasteiger partial charge on any atom is 0.203 e. The quantitative estimate of drug-likeness (QED) is 0.831. The molecule has 0 aliphatic heterocycles. The van der Waals surface area contributed by atoms with Crippen LogP contribution in [0.4, 0.5) is 5.95 Å². The van der Waals surface area contributed by atoms with Gasteiger partial charge >= 0.3 is 0 Å². The average molecular weight is 221 g/mol. The van der Waals surface area contributed by atoms with Crippen molar-refractivity contribution in [1.29, 1.82) is 0 Å². The van der Waals surface area contributed by atoms with Crippen molar-refractivity contribution in [2.75, 3.05) is 12.4 Å². The lowest BCUT2D eigenvalue weighted by Crippen LogP contribution is -2.23. The molecule has 0 spiro atoms. The predicted molar refractivity (Wildman–Crippen MR) is 67.7 cm³/mol. The Morgan fingerprint density at radius 2 is 2.06 bits per heavy atom. The molecule has 1 aliphatic carbocycles. The summed E-state index contributed by atoms with van der Waals surface area (Å²) in [6.07, 6.45) is 6.09. The van der Waals surface area contributed by atoms with Crippen LogP contribution < -0.4 is 5.32 Å². The van der Waals surface area contributed by atoms with Gasteiger partial charge < -0.3 is 9.88 Å². The highest BCUT2D eigenvalue weighted by molar-refractivity contribution is 5.28. The van der Waals surface area contributed by atoms with Gasteiger partial charge in [0.05, 0.1) is 5.69 Å². The minimum Gasteiger partial charge on any atom is -0.359 e. The first kappa shape index (κ1) is 11.5. The van der Waals surface area contributed by atoms with Crippen molar-refractivity contribution in [3.63, 3.8) is 0 Å². The van der Waals surface area contributed by atoms with Gasteiger partial charge in [-0.3, -0.25) is 0 Å². The molecular formula is C13H23N3. The summed E-state index contributed by atoms with van der Waals surface area (Å²) in [7, 11) is 1.95. The molecule has 1 saturated carbocycles. The van der Waals surface area contributed by atoms with Crippen LogP contribution >= 0.6 is 0 Å². The Morgan fingerprint density at radius 3 is 2.69 bits per heavy atom. The van der Waals surface area contributed by atoms with Crippen LogP contribution in [0.2, 0.25) is 0 Å². The molecule has 2 rings (SSSR count). The van der Waals surface area contributed by atoms with Crippen molar-refractivity contribution >= 4 is 5.95 Å². The zero-order chi connectivity index (χ0) is 11.7. The van der Waals surface area contributed by atoms with Gasteiger partial charge in [0.1, 0.15) is 0 Å². The number of nitrogens with one attached hydrogen (secondary N) is 1. The Labute approximate surface area is 98.3 Å². The number of aryl methyl sites for hydroxylation is 1. The van der Waals surface area contributed by atoms with Crippen LogP contribution in [0, 0.1) is 18.8 Å². The zero-order valence-electron chi connectivity index (χ0n) is 10.8. The van der Waals surface area contributed by atoms with Crippen LogP contribution in [0.25, 0.3) is 0 Å². The fourth-order valence-corrected chi connectivity index (χ4v) is 2.75. The molecule has 16 heavy (non-hydrogen) atoms. The number of nitrogens with zero attached hydrogens (tertiary/aromatic N) is 2. The number of rotatable bonds is 2. The molecule has 3 heteroatoms. The molecule has 0 radical (unpaired) electrons. The SMILES string of the molecule is CNc1nc(C)cn1C1CCC(C)C(C)C1. The van der Waals surface area contributed by atoms with Crippen LogP contribution in [0.15, 0.2) is 6.20 Å². The van der Waals surface area contributed by atoms with E-state index in [2.05, 4.69) is 41.8 Å². The molecule has 1 N–H and O–H groups in total. The van der Waals surface area contributed by atoms with E-state index in [9.17, 15) is 0 Å². The van der Waals surface area contributed by atoms with Crippen molar-refractivity contribution in [1.82, 2.24) is 9.55 Å². The zero-order valence-corrected chi connectivity index (χ0v) is 10.8. The van der Waals surface area contributed by atoms with Gasteiger partial charge in [0.25, 0.3) is 0 Å². The summed E-state index contributed by atoms with van der Waals surface area (Å²) in [5, 5.41) is 3.19. The van der Waals surface area contributed by atoms with Crippen LogP contribution in [0.3, 0.4) is 0 Å². The first-order valence-electron chi connectivity index (χ1n) is 6.35. The third-order valence-electron chi connectivity index (χ3n) is 4.04. The largest absolute Gasteiger partial charge is 0.359 e. The standard InChI is InChI=1S/C13H23N3/c1-9-5-6-12(7-10(9)2)16-8-11(3)15-13(16)14-4/h8-10,12H,5-7H2,1-4H3,(H,14,15). The number of hydrogen-bond donors (Lipinski definition) is 1. The maximum atomic E-state index is 4.50. The van der Waals surface area contributed by atoms with Gasteiger partial charge in [-0.15, -0.1) is 0 Å². The minimum absolute atomic E-state index is 0.634. The Bertz CT molecular complexity index is 356. The van der Waals surface area contributed by atoms with E-state index in [1.165, 1.54) is 19.3 Å². The van der Waals surface area contributed by atoms with E-state index in [0.717, 1.165) is 23.5 Å². The van der Waals surface area contributed by atoms with Crippen molar-refractivity contribution in [3.05, 3.63) is 11.9 Å². The molecule has 0 bridgehead atoms. The third kappa shape index (κ3) is 2.08. The van der Waals surface area contributed by atoms with Crippen molar-refractivity contribution in [2.24, 2.45) is 11.8 Å². The van der Waals surface area contributed by atoms with E-state index in [1.807, 2.05) is 7.05 Å². The Hall–Kier alpha value is -0.990. The van der Waals surface area contributed by atoms with E-state index in [0.29, 0.717) is 6.04 Å². The second kappa shape index (κ2) is 4.48. The van der Waals surface area contributed by atoms with E-state index in [4.69, 9.17) is 0 Å². The molecule has 90 valence electrons. The second-order valence-corrected chi connectivity index (χ2v) is 5.28. The lowest BCUT2D eigenvalue weighted by molar-refractivity contribution is 0.212. The monoisotopic (exact) mass is 221 g/mol. The van der Waals surface area contributed by atoms with Gasteiger partial charge in [0, 0.05) is 19.3 Å². The smallest absolute Gasteiger partial charge is 0.203 e. The molecule has 0 aromatic carbocycles. The predicted octanol–water partition coefficient (Wildman–Crippen LogP) is 3.23. The molecular weight excluding hydrogens is 198 g/mol. The van der Waals surface area contributed by atoms with Crippen LogP contribution in [0.1, 0.15) is 44.8 Å². The molecule has 0 saturated heterocycles. The van der Waals surface area contributed by atoms with Crippen LogP contribution in [-0.4, -0.2) is 16.6 Å². The lowest BCUT2D eigenvalue weighted by Gasteiger charge is -2.33. The van der Waals surface area contributed by atoms with Crippen molar-refractivity contribution < 1.29 is 0 Å². The molecule has 3 nitrogen and oxygen atoms in total. The fraction of sp³-hybridized carbons (Fsp3) is 0.769. The maximum absolute atomic E-state index is 4.50.